The number of phenolic OH excluding ortho intramolecular Hbond substituents is 1. The van der Waals surface area contributed by atoms with E-state index < -0.39 is 5.91 Å². The summed E-state index contributed by atoms with van der Waals surface area (Å²) in [7, 11) is 0. The van der Waals surface area contributed by atoms with Gasteiger partial charge in [-0.2, -0.15) is 5.10 Å². The molecule has 6 heteroatoms. The third-order valence-corrected chi connectivity index (χ3v) is 5.07. The molecule has 0 saturated carbocycles. The molecule has 0 aromatic heterocycles. The highest BCUT2D eigenvalue weighted by molar-refractivity contribution is 9.10. The van der Waals surface area contributed by atoms with E-state index in [9.17, 15) is 9.90 Å². The molecule has 150 valence electrons. The second-order valence-corrected chi connectivity index (χ2v) is 7.52. The monoisotopic (exact) mass is 454 g/mol. The largest absolute Gasteiger partial charge is 0.507 e. The van der Waals surface area contributed by atoms with E-state index in [1.54, 1.807) is 18.3 Å². The maximum absolute atomic E-state index is 12.4. The molecule has 0 saturated heterocycles. The van der Waals surface area contributed by atoms with Crippen LogP contribution in [0.3, 0.4) is 0 Å². The standard InChI is InChI=1S/C23H23BrN2O3/c1-2-3-6-11-29-22-10-9-16(12-20(22)24)15-25-26-23(28)19-13-17-7-4-5-8-18(17)14-21(19)27/h4-5,7-10,12-15,27H,2-3,6,11H2,1H3,(H,26,28)/b25-15+. The van der Waals surface area contributed by atoms with Crippen LogP contribution >= 0.6 is 15.9 Å². The molecule has 0 bridgehead atoms. The van der Waals surface area contributed by atoms with Crippen molar-refractivity contribution in [1.82, 2.24) is 5.43 Å². The fourth-order valence-electron chi connectivity index (χ4n) is 2.88. The van der Waals surface area contributed by atoms with Crippen molar-refractivity contribution in [3.8, 4) is 11.5 Å². The Morgan fingerprint density at radius 3 is 2.62 bits per heavy atom. The van der Waals surface area contributed by atoms with Gasteiger partial charge in [0.05, 0.1) is 22.9 Å². The number of hydrogen-bond donors (Lipinski definition) is 2. The van der Waals surface area contributed by atoms with E-state index in [0.717, 1.165) is 45.8 Å². The number of hydrogen-bond acceptors (Lipinski definition) is 4. The molecule has 0 unspecified atom stereocenters. The normalized spacial score (nSPS) is 11.1. The fraction of sp³-hybridized carbons (Fsp3) is 0.217. The highest BCUT2D eigenvalue weighted by Crippen LogP contribution is 2.26. The Hall–Kier alpha value is -2.86. The van der Waals surface area contributed by atoms with Crippen molar-refractivity contribution in [3.05, 3.63) is 70.2 Å². The summed E-state index contributed by atoms with van der Waals surface area (Å²) in [6.45, 7) is 2.84. The average molecular weight is 455 g/mol. The van der Waals surface area contributed by atoms with Gasteiger partial charge in [0, 0.05) is 0 Å². The number of amides is 1. The molecule has 0 fully saturated rings. The number of aromatic hydroxyl groups is 1. The summed E-state index contributed by atoms with van der Waals surface area (Å²) in [5.74, 6) is 0.228. The number of benzene rings is 3. The number of rotatable bonds is 8. The molecule has 0 atom stereocenters. The Kier molecular flexibility index (Phi) is 7.25. The number of phenols is 1. The van der Waals surface area contributed by atoms with Crippen molar-refractivity contribution in [2.24, 2.45) is 5.10 Å². The van der Waals surface area contributed by atoms with E-state index in [1.807, 2.05) is 42.5 Å². The first kappa shape index (κ1) is 20.9. The Balaban J connectivity index is 1.63. The van der Waals surface area contributed by atoms with Gasteiger partial charge in [0.25, 0.3) is 5.91 Å². The summed E-state index contributed by atoms with van der Waals surface area (Å²) in [6, 6.07) is 16.4. The van der Waals surface area contributed by atoms with E-state index in [0.29, 0.717) is 6.61 Å². The first-order valence-electron chi connectivity index (χ1n) is 9.56. The molecule has 0 aliphatic heterocycles. The smallest absolute Gasteiger partial charge is 0.275 e. The highest BCUT2D eigenvalue weighted by atomic mass is 79.9. The lowest BCUT2D eigenvalue weighted by Gasteiger charge is -2.08. The van der Waals surface area contributed by atoms with Crippen LogP contribution in [0.5, 0.6) is 11.5 Å². The van der Waals surface area contributed by atoms with Gasteiger partial charge in [0.15, 0.2) is 0 Å². The lowest BCUT2D eigenvalue weighted by Crippen LogP contribution is -2.17. The van der Waals surface area contributed by atoms with Gasteiger partial charge < -0.3 is 9.84 Å². The van der Waals surface area contributed by atoms with Gasteiger partial charge >= 0.3 is 0 Å². The third-order valence-electron chi connectivity index (χ3n) is 4.45. The molecule has 0 aliphatic carbocycles. The van der Waals surface area contributed by atoms with Gasteiger partial charge in [-0.25, -0.2) is 5.43 Å². The quantitative estimate of drug-likeness (QED) is 0.262. The summed E-state index contributed by atoms with van der Waals surface area (Å²) in [5.41, 5.74) is 3.44. The number of hydrazone groups is 1. The summed E-state index contributed by atoms with van der Waals surface area (Å²) in [6.07, 6.45) is 4.87. The van der Waals surface area contributed by atoms with Crippen LogP contribution in [0.4, 0.5) is 0 Å². The van der Waals surface area contributed by atoms with Crippen molar-refractivity contribution >= 4 is 38.8 Å². The molecular formula is C23H23BrN2O3. The third kappa shape index (κ3) is 5.57. The van der Waals surface area contributed by atoms with Gasteiger partial charge in [0.1, 0.15) is 11.5 Å². The van der Waals surface area contributed by atoms with Crippen LogP contribution in [0.25, 0.3) is 10.8 Å². The second kappa shape index (κ2) is 10.1. The number of ether oxygens (including phenoxy) is 1. The fourth-order valence-corrected chi connectivity index (χ4v) is 3.40. The molecule has 0 heterocycles. The van der Waals surface area contributed by atoms with E-state index in [1.165, 1.54) is 0 Å². The maximum atomic E-state index is 12.4. The number of halogens is 1. The molecule has 29 heavy (non-hydrogen) atoms. The molecular weight excluding hydrogens is 432 g/mol. The summed E-state index contributed by atoms with van der Waals surface area (Å²) in [4.78, 5) is 12.4. The van der Waals surface area contributed by atoms with Crippen molar-refractivity contribution in [3.63, 3.8) is 0 Å². The Bertz CT molecular complexity index is 1030. The van der Waals surface area contributed by atoms with Crippen LogP contribution < -0.4 is 10.2 Å². The summed E-state index contributed by atoms with van der Waals surface area (Å²) in [5, 5.41) is 15.9. The van der Waals surface area contributed by atoms with Gasteiger partial charge in [-0.05, 0) is 69.0 Å². The van der Waals surface area contributed by atoms with Gasteiger partial charge in [-0.15, -0.1) is 0 Å². The molecule has 5 nitrogen and oxygen atoms in total. The Morgan fingerprint density at radius 1 is 1.14 bits per heavy atom. The van der Waals surface area contributed by atoms with E-state index >= 15 is 0 Å². The van der Waals surface area contributed by atoms with Crippen molar-refractivity contribution in [2.45, 2.75) is 26.2 Å². The van der Waals surface area contributed by atoms with Crippen LogP contribution in [0.2, 0.25) is 0 Å². The van der Waals surface area contributed by atoms with Gasteiger partial charge in [0.2, 0.25) is 0 Å². The van der Waals surface area contributed by atoms with Gasteiger partial charge in [-0.3, -0.25) is 4.79 Å². The van der Waals surface area contributed by atoms with E-state index in [2.05, 4.69) is 33.4 Å². The van der Waals surface area contributed by atoms with Crippen LogP contribution in [-0.2, 0) is 0 Å². The average Bonchev–Trinajstić information content (AvgIpc) is 2.72. The predicted molar refractivity (Wildman–Crippen MR) is 120 cm³/mol. The molecule has 3 aromatic carbocycles. The number of unbranched alkanes of at least 4 members (excludes halogenated alkanes) is 2. The number of carbonyl (C=O) groups is 1. The van der Waals surface area contributed by atoms with Crippen LogP contribution in [0.15, 0.2) is 64.2 Å². The van der Waals surface area contributed by atoms with Crippen LogP contribution in [-0.4, -0.2) is 23.8 Å². The van der Waals surface area contributed by atoms with E-state index in [-0.39, 0.29) is 11.3 Å². The number of fused-ring (bicyclic) bond motifs is 1. The molecule has 3 aromatic rings. The minimum Gasteiger partial charge on any atom is -0.507 e. The first-order valence-corrected chi connectivity index (χ1v) is 10.4. The van der Waals surface area contributed by atoms with E-state index in [4.69, 9.17) is 4.74 Å². The molecule has 0 spiro atoms. The van der Waals surface area contributed by atoms with Gasteiger partial charge in [-0.1, -0.05) is 44.0 Å². The molecule has 3 rings (SSSR count). The lowest BCUT2D eigenvalue weighted by atomic mass is 10.1. The Morgan fingerprint density at radius 2 is 1.90 bits per heavy atom. The second-order valence-electron chi connectivity index (χ2n) is 6.66. The number of nitrogens with one attached hydrogen (secondary N) is 1. The maximum Gasteiger partial charge on any atom is 0.275 e. The number of carbonyl (C=O) groups excluding carboxylic acids is 1. The zero-order chi connectivity index (χ0) is 20.6. The van der Waals surface area contributed by atoms with Crippen LogP contribution in [0, 0.1) is 0 Å². The summed E-state index contributed by atoms with van der Waals surface area (Å²) >= 11 is 3.50. The van der Waals surface area contributed by atoms with Crippen molar-refractivity contribution in [1.29, 1.82) is 0 Å². The SMILES string of the molecule is CCCCCOc1ccc(/C=N/NC(=O)c2cc3ccccc3cc2O)cc1Br. The number of nitrogens with zero attached hydrogens (tertiary/aromatic N) is 1. The minimum atomic E-state index is -0.473. The molecule has 0 radical (unpaired) electrons. The lowest BCUT2D eigenvalue weighted by molar-refractivity contribution is 0.0952. The minimum absolute atomic E-state index is 0.0799. The Labute approximate surface area is 178 Å². The zero-order valence-corrected chi connectivity index (χ0v) is 17.8. The molecule has 1 amide bonds. The molecule has 2 N–H and O–H groups in total. The predicted octanol–water partition coefficient (Wildman–Crippen LogP) is 5.64. The summed E-state index contributed by atoms with van der Waals surface area (Å²) < 4.78 is 6.58. The van der Waals surface area contributed by atoms with Crippen molar-refractivity contribution < 1.29 is 14.6 Å². The topological polar surface area (TPSA) is 70.9 Å². The molecule has 0 aliphatic rings. The first-order chi connectivity index (χ1) is 14.1. The van der Waals surface area contributed by atoms with Crippen LogP contribution in [0.1, 0.15) is 42.1 Å². The van der Waals surface area contributed by atoms with Crippen molar-refractivity contribution in [2.75, 3.05) is 6.61 Å². The zero-order valence-electron chi connectivity index (χ0n) is 16.2. The highest BCUT2D eigenvalue weighted by Gasteiger charge is 2.11.